The number of aryl methyl sites for hydroxylation is 2. The second-order valence-corrected chi connectivity index (χ2v) is 5.28. The van der Waals surface area contributed by atoms with E-state index in [-0.39, 0.29) is 6.04 Å². The number of nitrogens with one attached hydrogen (secondary N) is 1. The van der Waals surface area contributed by atoms with E-state index in [1.165, 1.54) is 11.1 Å². The van der Waals surface area contributed by atoms with E-state index in [4.69, 9.17) is 9.47 Å². The van der Waals surface area contributed by atoms with Crippen molar-refractivity contribution in [1.29, 1.82) is 0 Å². The zero-order valence-electron chi connectivity index (χ0n) is 13.1. The number of methoxy groups -OCH3 is 1. The van der Waals surface area contributed by atoms with Gasteiger partial charge in [0.15, 0.2) is 0 Å². The van der Waals surface area contributed by atoms with Gasteiger partial charge in [-0.05, 0) is 44.0 Å². The maximum atomic E-state index is 5.97. The van der Waals surface area contributed by atoms with Crippen LogP contribution >= 0.6 is 0 Å². The van der Waals surface area contributed by atoms with Crippen molar-refractivity contribution in [3.05, 3.63) is 53.6 Å². The molecule has 2 aromatic rings. The minimum Gasteiger partial charge on any atom is -0.495 e. The highest BCUT2D eigenvalue weighted by Crippen LogP contribution is 2.25. The molecule has 0 radical (unpaired) electrons. The molecule has 0 aromatic heterocycles. The van der Waals surface area contributed by atoms with E-state index >= 15 is 0 Å². The Hall–Kier alpha value is -2.16. The van der Waals surface area contributed by atoms with Crippen LogP contribution in [0.3, 0.4) is 0 Å². The first kappa shape index (κ1) is 15.2. The van der Waals surface area contributed by atoms with E-state index in [0.717, 1.165) is 17.2 Å². The third-order valence-corrected chi connectivity index (χ3v) is 3.40. The molecular formula is C18H23NO2. The Morgan fingerprint density at radius 1 is 1.00 bits per heavy atom. The van der Waals surface area contributed by atoms with Crippen LogP contribution in [0.25, 0.3) is 0 Å². The molecule has 0 saturated heterocycles. The molecule has 2 rings (SSSR count). The fourth-order valence-electron chi connectivity index (χ4n) is 2.31. The van der Waals surface area contributed by atoms with Crippen molar-refractivity contribution in [1.82, 2.24) is 0 Å². The predicted octanol–water partition coefficient (Wildman–Crippen LogP) is 4.19. The normalized spacial score (nSPS) is 11.8. The molecule has 1 unspecified atom stereocenters. The smallest absolute Gasteiger partial charge is 0.141 e. The minimum absolute atomic E-state index is 0.181. The summed E-state index contributed by atoms with van der Waals surface area (Å²) in [5.41, 5.74) is 3.32. The van der Waals surface area contributed by atoms with E-state index in [1.807, 2.05) is 30.3 Å². The van der Waals surface area contributed by atoms with Crippen LogP contribution in [0.5, 0.6) is 11.5 Å². The summed E-state index contributed by atoms with van der Waals surface area (Å²) in [4.78, 5) is 0. The van der Waals surface area contributed by atoms with Crippen LogP contribution in [-0.4, -0.2) is 19.8 Å². The maximum absolute atomic E-state index is 5.97. The molecule has 0 heterocycles. The molecule has 3 heteroatoms. The average Bonchev–Trinajstić information content (AvgIpc) is 2.47. The monoisotopic (exact) mass is 285 g/mol. The molecular weight excluding hydrogens is 262 g/mol. The summed E-state index contributed by atoms with van der Waals surface area (Å²) in [5, 5.41) is 3.42. The quantitative estimate of drug-likeness (QED) is 0.863. The SMILES string of the molecule is COc1ccccc1NC(C)COc1c(C)cccc1C. The Bertz CT molecular complexity index is 575. The largest absolute Gasteiger partial charge is 0.495 e. The van der Waals surface area contributed by atoms with Crippen molar-refractivity contribution in [3.63, 3.8) is 0 Å². The van der Waals surface area contributed by atoms with Gasteiger partial charge in [0, 0.05) is 0 Å². The fourth-order valence-corrected chi connectivity index (χ4v) is 2.31. The lowest BCUT2D eigenvalue weighted by atomic mass is 10.1. The fraction of sp³-hybridized carbons (Fsp3) is 0.333. The van der Waals surface area contributed by atoms with Gasteiger partial charge in [-0.2, -0.15) is 0 Å². The van der Waals surface area contributed by atoms with E-state index in [1.54, 1.807) is 7.11 Å². The molecule has 0 bridgehead atoms. The first-order valence-corrected chi connectivity index (χ1v) is 7.20. The van der Waals surface area contributed by atoms with Gasteiger partial charge in [-0.25, -0.2) is 0 Å². The van der Waals surface area contributed by atoms with Crippen LogP contribution in [0.2, 0.25) is 0 Å². The topological polar surface area (TPSA) is 30.5 Å². The van der Waals surface area contributed by atoms with Crippen molar-refractivity contribution >= 4 is 5.69 Å². The van der Waals surface area contributed by atoms with Gasteiger partial charge in [-0.1, -0.05) is 30.3 Å². The zero-order chi connectivity index (χ0) is 15.2. The van der Waals surface area contributed by atoms with Crippen molar-refractivity contribution < 1.29 is 9.47 Å². The number of hydrogen-bond donors (Lipinski definition) is 1. The first-order valence-electron chi connectivity index (χ1n) is 7.20. The van der Waals surface area contributed by atoms with Gasteiger partial charge >= 0.3 is 0 Å². The Labute approximate surface area is 126 Å². The van der Waals surface area contributed by atoms with Crippen LogP contribution in [0.4, 0.5) is 5.69 Å². The Balaban J connectivity index is 1.98. The van der Waals surface area contributed by atoms with Crippen molar-refractivity contribution in [2.75, 3.05) is 19.0 Å². The summed E-state index contributed by atoms with van der Waals surface area (Å²) in [6.07, 6.45) is 0. The minimum atomic E-state index is 0.181. The molecule has 1 atom stereocenters. The van der Waals surface area contributed by atoms with Gasteiger partial charge in [0.05, 0.1) is 18.8 Å². The number of hydrogen-bond acceptors (Lipinski definition) is 3. The molecule has 0 spiro atoms. The van der Waals surface area contributed by atoms with E-state index in [2.05, 4.69) is 38.2 Å². The lowest BCUT2D eigenvalue weighted by Crippen LogP contribution is -2.24. The molecule has 21 heavy (non-hydrogen) atoms. The van der Waals surface area contributed by atoms with Crippen molar-refractivity contribution in [2.24, 2.45) is 0 Å². The van der Waals surface area contributed by atoms with Gasteiger partial charge in [0.1, 0.15) is 18.1 Å². The summed E-state index contributed by atoms with van der Waals surface area (Å²) >= 11 is 0. The van der Waals surface area contributed by atoms with Gasteiger partial charge < -0.3 is 14.8 Å². The lowest BCUT2D eigenvalue weighted by Gasteiger charge is -2.19. The van der Waals surface area contributed by atoms with Gasteiger partial charge in [0.25, 0.3) is 0 Å². The van der Waals surface area contributed by atoms with Crippen LogP contribution < -0.4 is 14.8 Å². The Morgan fingerprint density at radius 2 is 1.67 bits per heavy atom. The van der Waals surface area contributed by atoms with Crippen LogP contribution in [0.15, 0.2) is 42.5 Å². The molecule has 0 aliphatic carbocycles. The second-order valence-electron chi connectivity index (χ2n) is 5.28. The lowest BCUT2D eigenvalue weighted by molar-refractivity contribution is 0.299. The third-order valence-electron chi connectivity index (χ3n) is 3.40. The molecule has 0 amide bonds. The summed E-state index contributed by atoms with van der Waals surface area (Å²) in [7, 11) is 1.68. The van der Waals surface area contributed by atoms with E-state index < -0.39 is 0 Å². The third kappa shape index (κ3) is 3.91. The summed E-state index contributed by atoms with van der Waals surface area (Å²) in [5.74, 6) is 1.82. The molecule has 112 valence electrons. The molecule has 0 aliphatic rings. The van der Waals surface area contributed by atoms with Crippen LogP contribution in [-0.2, 0) is 0 Å². The predicted molar refractivity (Wildman–Crippen MR) is 87.5 cm³/mol. The van der Waals surface area contributed by atoms with E-state index in [0.29, 0.717) is 6.61 Å². The molecule has 2 aromatic carbocycles. The molecule has 0 aliphatic heterocycles. The number of rotatable bonds is 6. The maximum Gasteiger partial charge on any atom is 0.141 e. The van der Waals surface area contributed by atoms with Gasteiger partial charge in [-0.3, -0.25) is 0 Å². The second kappa shape index (κ2) is 7.02. The molecule has 1 N–H and O–H groups in total. The number of benzene rings is 2. The van der Waals surface area contributed by atoms with Gasteiger partial charge in [-0.15, -0.1) is 0 Å². The van der Waals surface area contributed by atoms with Crippen molar-refractivity contribution in [2.45, 2.75) is 26.8 Å². The highest BCUT2D eigenvalue weighted by molar-refractivity contribution is 5.56. The average molecular weight is 285 g/mol. The number of anilines is 1. The zero-order valence-corrected chi connectivity index (χ0v) is 13.1. The molecule has 3 nitrogen and oxygen atoms in total. The summed E-state index contributed by atoms with van der Waals surface area (Å²) in [6.45, 7) is 6.84. The number of ether oxygens (including phenoxy) is 2. The van der Waals surface area contributed by atoms with Crippen molar-refractivity contribution in [3.8, 4) is 11.5 Å². The summed E-state index contributed by atoms with van der Waals surface area (Å²) in [6, 6.07) is 14.3. The molecule has 0 saturated carbocycles. The summed E-state index contributed by atoms with van der Waals surface area (Å²) < 4.78 is 11.3. The Morgan fingerprint density at radius 3 is 2.33 bits per heavy atom. The van der Waals surface area contributed by atoms with E-state index in [9.17, 15) is 0 Å². The van der Waals surface area contributed by atoms with Crippen LogP contribution in [0, 0.1) is 13.8 Å². The molecule has 0 fully saturated rings. The van der Waals surface area contributed by atoms with Crippen LogP contribution in [0.1, 0.15) is 18.1 Å². The standard InChI is InChI=1S/C18H23NO2/c1-13-8-7-9-14(2)18(13)21-12-15(3)19-16-10-5-6-11-17(16)20-4/h5-11,15,19H,12H2,1-4H3. The highest BCUT2D eigenvalue weighted by Gasteiger charge is 2.09. The number of para-hydroxylation sites is 3. The first-order chi connectivity index (χ1) is 10.1. The van der Waals surface area contributed by atoms with Gasteiger partial charge in [0.2, 0.25) is 0 Å². The highest BCUT2D eigenvalue weighted by atomic mass is 16.5. The Kier molecular flexibility index (Phi) is 5.09.